The Bertz CT molecular complexity index is 358. The molecule has 2 heteroatoms. The van der Waals surface area contributed by atoms with Crippen molar-refractivity contribution in [2.45, 2.75) is 64.9 Å². The van der Waals surface area contributed by atoms with E-state index < -0.39 is 0 Å². The molecule has 2 nitrogen and oxygen atoms in total. The number of rotatable bonds is 3. The Morgan fingerprint density at radius 2 is 1.57 bits per heavy atom. The van der Waals surface area contributed by atoms with Gasteiger partial charge in [0.05, 0.1) is 6.10 Å². The predicted octanol–water partition coefficient (Wildman–Crippen LogP) is 3.54. The SMILES string of the molecule is CC1CCN(CC(O)C23CC4CC(CC(C4)C2)C3)CC1C. The summed E-state index contributed by atoms with van der Waals surface area (Å²) in [4.78, 5) is 2.56. The molecule has 3 unspecified atom stereocenters. The highest BCUT2D eigenvalue weighted by Crippen LogP contribution is 2.61. The van der Waals surface area contributed by atoms with Crippen LogP contribution in [-0.4, -0.2) is 35.7 Å². The maximum absolute atomic E-state index is 11.1. The van der Waals surface area contributed by atoms with Gasteiger partial charge in [-0.3, -0.25) is 0 Å². The van der Waals surface area contributed by atoms with Gasteiger partial charge in [0.1, 0.15) is 0 Å². The van der Waals surface area contributed by atoms with E-state index in [9.17, 15) is 5.11 Å². The molecule has 1 heterocycles. The van der Waals surface area contributed by atoms with Crippen molar-refractivity contribution in [3.8, 4) is 0 Å². The van der Waals surface area contributed by atoms with Crippen LogP contribution in [0.3, 0.4) is 0 Å². The molecular weight excluding hydrogens is 258 g/mol. The molecule has 4 saturated carbocycles. The van der Waals surface area contributed by atoms with Gasteiger partial charge in [0, 0.05) is 13.1 Å². The number of hydrogen-bond acceptors (Lipinski definition) is 2. The number of nitrogens with zero attached hydrogens (tertiary/aromatic N) is 1. The molecule has 1 N–H and O–H groups in total. The smallest absolute Gasteiger partial charge is 0.0723 e. The highest BCUT2D eigenvalue weighted by molar-refractivity contribution is 5.04. The van der Waals surface area contributed by atoms with Gasteiger partial charge < -0.3 is 10.0 Å². The van der Waals surface area contributed by atoms with E-state index in [1.54, 1.807) is 0 Å². The monoisotopic (exact) mass is 291 g/mol. The second kappa shape index (κ2) is 5.23. The first kappa shape index (κ1) is 14.5. The minimum absolute atomic E-state index is 0.0634. The third-order valence-electron chi connectivity index (χ3n) is 7.64. The van der Waals surface area contributed by atoms with E-state index in [-0.39, 0.29) is 6.10 Å². The van der Waals surface area contributed by atoms with Crippen LogP contribution in [0.2, 0.25) is 0 Å². The van der Waals surface area contributed by atoms with Gasteiger partial charge in [-0.25, -0.2) is 0 Å². The predicted molar refractivity (Wildman–Crippen MR) is 86.0 cm³/mol. The maximum Gasteiger partial charge on any atom is 0.0723 e. The topological polar surface area (TPSA) is 23.5 Å². The van der Waals surface area contributed by atoms with Gasteiger partial charge in [0.2, 0.25) is 0 Å². The summed E-state index contributed by atoms with van der Waals surface area (Å²) in [7, 11) is 0. The molecule has 4 aliphatic carbocycles. The molecule has 5 aliphatic rings. The van der Waals surface area contributed by atoms with E-state index in [0.29, 0.717) is 5.41 Å². The molecule has 5 fully saturated rings. The van der Waals surface area contributed by atoms with Crippen molar-refractivity contribution in [3.63, 3.8) is 0 Å². The number of aliphatic hydroxyl groups is 1. The van der Waals surface area contributed by atoms with Crippen molar-refractivity contribution < 1.29 is 5.11 Å². The van der Waals surface area contributed by atoms with E-state index in [1.165, 1.54) is 58.0 Å². The molecule has 0 spiro atoms. The zero-order valence-corrected chi connectivity index (χ0v) is 13.9. The van der Waals surface area contributed by atoms with E-state index in [1.807, 2.05) is 0 Å². The van der Waals surface area contributed by atoms with Crippen molar-refractivity contribution in [2.75, 3.05) is 19.6 Å². The Morgan fingerprint density at radius 3 is 2.10 bits per heavy atom. The Labute approximate surface area is 130 Å². The highest BCUT2D eigenvalue weighted by atomic mass is 16.3. The average molecular weight is 291 g/mol. The molecule has 3 atom stereocenters. The Balaban J connectivity index is 1.42. The largest absolute Gasteiger partial charge is 0.391 e. The fourth-order valence-corrected chi connectivity index (χ4v) is 6.54. The van der Waals surface area contributed by atoms with Gasteiger partial charge in [-0.05, 0) is 86.5 Å². The van der Waals surface area contributed by atoms with Crippen molar-refractivity contribution in [3.05, 3.63) is 0 Å². The molecule has 0 aromatic rings. The number of hydrogen-bond donors (Lipinski definition) is 1. The van der Waals surface area contributed by atoms with Crippen LogP contribution in [0.1, 0.15) is 58.8 Å². The lowest BCUT2D eigenvalue weighted by Crippen LogP contribution is -2.55. The zero-order chi connectivity index (χ0) is 14.6. The minimum Gasteiger partial charge on any atom is -0.391 e. The number of β-amino-alcohol motifs (C(OH)–C–C–N with tert-alkyl or cyclic N) is 1. The van der Waals surface area contributed by atoms with Gasteiger partial charge in [-0.15, -0.1) is 0 Å². The lowest BCUT2D eigenvalue weighted by Gasteiger charge is -2.59. The minimum atomic E-state index is -0.0634. The fourth-order valence-electron chi connectivity index (χ4n) is 6.54. The molecule has 120 valence electrons. The molecule has 0 radical (unpaired) electrons. The standard InChI is InChI=1S/C19H33NO/c1-13-3-4-20(11-14(13)2)12-18(21)19-8-15-5-16(9-19)7-17(6-15)10-19/h13-18,21H,3-12H2,1-2H3. The van der Waals surface area contributed by atoms with Crippen LogP contribution in [-0.2, 0) is 0 Å². The summed E-state index contributed by atoms with van der Waals surface area (Å²) < 4.78 is 0. The Morgan fingerprint density at radius 1 is 1.00 bits per heavy atom. The second-order valence-electron chi connectivity index (χ2n) is 9.30. The summed E-state index contributed by atoms with van der Waals surface area (Å²) in [5.74, 6) is 4.50. The quantitative estimate of drug-likeness (QED) is 0.859. The van der Waals surface area contributed by atoms with Gasteiger partial charge in [-0.1, -0.05) is 13.8 Å². The number of aliphatic hydroxyl groups excluding tert-OH is 1. The number of piperidine rings is 1. The van der Waals surface area contributed by atoms with Gasteiger partial charge >= 0.3 is 0 Å². The van der Waals surface area contributed by atoms with E-state index >= 15 is 0 Å². The lowest BCUT2D eigenvalue weighted by atomic mass is 9.48. The maximum atomic E-state index is 11.1. The molecule has 0 amide bonds. The first-order valence-electron chi connectivity index (χ1n) is 9.44. The third-order valence-corrected chi connectivity index (χ3v) is 7.64. The van der Waals surface area contributed by atoms with Crippen molar-refractivity contribution in [1.29, 1.82) is 0 Å². The van der Waals surface area contributed by atoms with Crippen LogP contribution in [0.5, 0.6) is 0 Å². The van der Waals surface area contributed by atoms with Crippen molar-refractivity contribution in [1.82, 2.24) is 4.90 Å². The first-order chi connectivity index (χ1) is 10.0. The normalized spacial score (nSPS) is 51.3. The summed E-state index contributed by atoms with van der Waals surface area (Å²) >= 11 is 0. The second-order valence-corrected chi connectivity index (χ2v) is 9.30. The van der Waals surface area contributed by atoms with E-state index in [4.69, 9.17) is 0 Å². The molecule has 5 rings (SSSR count). The molecule has 4 bridgehead atoms. The average Bonchev–Trinajstić information content (AvgIpc) is 2.41. The highest BCUT2D eigenvalue weighted by Gasteiger charge is 2.54. The molecule has 1 aliphatic heterocycles. The van der Waals surface area contributed by atoms with Gasteiger partial charge in [-0.2, -0.15) is 0 Å². The summed E-state index contributed by atoms with van der Waals surface area (Å²) in [5, 5.41) is 11.1. The summed E-state index contributed by atoms with van der Waals surface area (Å²) in [6, 6.07) is 0. The molecular formula is C19H33NO. The van der Waals surface area contributed by atoms with Crippen molar-refractivity contribution in [2.24, 2.45) is 35.0 Å². The third kappa shape index (κ3) is 2.57. The zero-order valence-electron chi connectivity index (χ0n) is 13.9. The van der Waals surface area contributed by atoms with Gasteiger partial charge in [0.25, 0.3) is 0 Å². The van der Waals surface area contributed by atoms with Crippen molar-refractivity contribution >= 4 is 0 Å². The Hall–Kier alpha value is -0.0800. The summed E-state index contributed by atoms with van der Waals surface area (Å²) in [5.41, 5.74) is 0.307. The molecule has 21 heavy (non-hydrogen) atoms. The van der Waals surface area contributed by atoms with E-state index in [2.05, 4.69) is 18.7 Å². The van der Waals surface area contributed by atoms with Crippen LogP contribution in [0, 0.1) is 35.0 Å². The first-order valence-corrected chi connectivity index (χ1v) is 9.44. The summed E-state index contributed by atoms with van der Waals surface area (Å²) in [6.07, 6.45) is 9.68. The molecule has 0 aromatic heterocycles. The van der Waals surface area contributed by atoms with Crippen LogP contribution < -0.4 is 0 Å². The summed E-state index contributed by atoms with van der Waals surface area (Å²) in [6.45, 7) is 8.12. The van der Waals surface area contributed by atoms with Crippen LogP contribution >= 0.6 is 0 Å². The van der Waals surface area contributed by atoms with Gasteiger partial charge in [0.15, 0.2) is 0 Å². The van der Waals surface area contributed by atoms with Crippen LogP contribution in [0.25, 0.3) is 0 Å². The lowest BCUT2D eigenvalue weighted by molar-refractivity contribution is -0.128. The fraction of sp³-hybridized carbons (Fsp3) is 1.00. The Kier molecular flexibility index (Phi) is 3.61. The van der Waals surface area contributed by atoms with E-state index in [0.717, 1.165) is 36.1 Å². The van der Waals surface area contributed by atoms with Crippen LogP contribution in [0.15, 0.2) is 0 Å². The van der Waals surface area contributed by atoms with Crippen LogP contribution in [0.4, 0.5) is 0 Å². The number of likely N-dealkylation sites (tertiary alicyclic amines) is 1. The molecule has 1 saturated heterocycles. The molecule has 0 aromatic carbocycles.